The summed E-state index contributed by atoms with van der Waals surface area (Å²) in [5, 5.41) is 0. The molecule has 3 heterocycles. The number of pyridine rings is 1. The quantitative estimate of drug-likeness (QED) is 0.871. The monoisotopic (exact) mass is 313 g/mol. The molecule has 1 atom stereocenters. The average Bonchev–Trinajstić information content (AvgIpc) is 2.91. The molecule has 1 aliphatic rings. The summed E-state index contributed by atoms with van der Waals surface area (Å²) in [6.45, 7) is 6.44. The number of ether oxygens (including phenoxy) is 1. The molecular formula is C18H23N3O2. The zero-order chi connectivity index (χ0) is 16.2. The minimum absolute atomic E-state index is 0.00418. The summed E-state index contributed by atoms with van der Waals surface area (Å²) < 4.78 is 8.26. The second-order valence-electron chi connectivity index (χ2n) is 6.32. The maximum Gasteiger partial charge on any atom is 0.225 e. The number of hydrogen-bond donors (Lipinski definition) is 0. The zero-order valence-electron chi connectivity index (χ0n) is 13.7. The number of fused-ring (bicyclic) bond motifs is 1. The molecule has 0 aliphatic carbocycles. The van der Waals surface area contributed by atoms with Crippen LogP contribution in [0.5, 0.6) is 0 Å². The largest absolute Gasteiger partial charge is 0.370 e. The molecule has 0 N–H and O–H groups in total. The molecule has 122 valence electrons. The molecule has 2 aromatic rings. The Morgan fingerprint density at radius 1 is 1.35 bits per heavy atom. The molecule has 5 heteroatoms. The molecule has 2 aromatic heterocycles. The van der Waals surface area contributed by atoms with E-state index >= 15 is 0 Å². The molecule has 0 bridgehead atoms. The molecule has 0 saturated carbocycles. The molecule has 0 spiro atoms. The Morgan fingerprint density at radius 2 is 2.22 bits per heavy atom. The first-order valence-corrected chi connectivity index (χ1v) is 8.07. The zero-order valence-corrected chi connectivity index (χ0v) is 13.7. The van der Waals surface area contributed by atoms with Crippen LogP contribution in [-0.4, -0.2) is 33.0 Å². The van der Waals surface area contributed by atoms with Crippen LogP contribution in [0, 0.1) is 5.92 Å². The number of rotatable bonds is 4. The number of hydrogen-bond acceptors (Lipinski definition) is 3. The van der Waals surface area contributed by atoms with E-state index in [4.69, 9.17) is 4.74 Å². The van der Waals surface area contributed by atoms with Crippen molar-refractivity contribution >= 4 is 5.91 Å². The Hall–Kier alpha value is -2.14. The molecule has 0 fully saturated rings. The predicted molar refractivity (Wildman–Crippen MR) is 87.5 cm³/mol. The molecule has 5 nitrogen and oxygen atoms in total. The third-order valence-corrected chi connectivity index (χ3v) is 4.11. The highest BCUT2D eigenvalue weighted by molar-refractivity contribution is 5.78. The van der Waals surface area contributed by atoms with E-state index in [1.807, 2.05) is 43.1 Å². The molecule has 0 unspecified atom stereocenters. The predicted octanol–water partition coefficient (Wildman–Crippen LogP) is 2.47. The third-order valence-electron chi connectivity index (χ3n) is 4.11. The third kappa shape index (κ3) is 3.79. The Balaban J connectivity index is 1.73. The first-order chi connectivity index (χ1) is 11.1. The topological polar surface area (TPSA) is 47.4 Å². The summed E-state index contributed by atoms with van der Waals surface area (Å²) >= 11 is 0. The van der Waals surface area contributed by atoms with Crippen molar-refractivity contribution in [3.8, 4) is 0 Å². The van der Waals surface area contributed by atoms with Crippen molar-refractivity contribution in [2.24, 2.45) is 5.92 Å². The molecule has 23 heavy (non-hydrogen) atoms. The number of amides is 1. The normalized spacial score (nSPS) is 17.9. The van der Waals surface area contributed by atoms with Crippen LogP contribution < -0.4 is 0 Å². The maximum absolute atomic E-state index is 12.5. The van der Waals surface area contributed by atoms with Crippen molar-refractivity contribution in [3.05, 3.63) is 54.1 Å². The molecule has 1 aliphatic heterocycles. The van der Waals surface area contributed by atoms with E-state index in [0.29, 0.717) is 19.7 Å². The molecule has 3 rings (SSSR count). The molecule has 1 amide bonds. The van der Waals surface area contributed by atoms with Gasteiger partial charge in [0.1, 0.15) is 0 Å². The van der Waals surface area contributed by atoms with Crippen molar-refractivity contribution < 1.29 is 9.53 Å². The van der Waals surface area contributed by atoms with Crippen LogP contribution in [0.4, 0.5) is 0 Å². The van der Waals surface area contributed by atoms with Gasteiger partial charge >= 0.3 is 0 Å². The lowest BCUT2D eigenvalue weighted by Crippen LogP contribution is -2.39. The van der Waals surface area contributed by atoms with E-state index in [1.54, 1.807) is 6.20 Å². The standard InChI is InChI=1S/C18H23N3O2/c1-14(2)18(22)21-10-16-6-4-8-20(16)11-17(12-21)23-13-15-5-3-7-19-9-15/h3-9,14,17H,10-13H2,1-2H3/t17-/m1/s1. The molecule has 0 radical (unpaired) electrons. The first kappa shape index (κ1) is 15.7. The van der Waals surface area contributed by atoms with E-state index in [1.165, 1.54) is 0 Å². The number of aromatic nitrogens is 2. The van der Waals surface area contributed by atoms with Crippen LogP contribution in [-0.2, 0) is 29.2 Å². The van der Waals surface area contributed by atoms with Gasteiger partial charge in [-0.2, -0.15) is 0 Å². The van der Waals surface area contributed by atoms with Crippen LogP contribution in [0.1, 0.15) is 25.1 Å². The van der Waals surface area contributed by atoms with Gasteiger partial charge in [0.2, 0.25) is 5.91 Å². The fourth-order valence-electron chi connectivity index (χ4n) is 2.89. The summed E-state index contributed by atoms with van der Waals surface area (Å²) in [7, 11) is 0. The number of carbonyl (C=O) groups excluding carboxylic acids is 1. The Bertz CT molecular complexity index is 651. The Morgan fingerprint density at radius 3 is 2.96 bits per heavy atom. The number of carbonyl (C=O) groups is 1. The van der Waals surface area contributed by atoms with Crippen molar-refractivity contribution in [3.63, 3.8) is 0 Å². The van der Waals surface area contributed by atoms with Gasteiger partial charge in [-0.15, -0.1) is 0 Å². The van der Waals surface area contributed by atoms with Crippen molar-refractivity contribution in [1.29, 1.82) is 0 Å². The molecular weight excluding hydrogens is 290 g/mol. The van der Waals surface area contributed by atoms with Crippen LogP contribution in [0.25, 0.3) is 0 Å². The molecule has 0 saturated heterocycles. The lowest BCUT2D eigenvalue weighted by Gasteiger charge is -2.26. The average molecular weight is 313 g/mol. The second kappa shape index (κ2) is 6.96. The van der Waals surface area contributed by atoms with E-state index in [0.717, 1.165) is 17.8 Å². The van der Waals surface area contributed by atoms with Gasteiger partial charge in [-0.25, -0.2) is 0 Å². The summed E-state index contributed by atoms with van der Waals surface area (Å²) in [5.41, 5.74) is 2.21. The fourth-order valence-corrected chi connectivity index (χ4v) is 2.89. The van der Waals surface area contributed by atoms with Crippen LogP contribution in [0.3, 0.4) is 0 Å². The SMILES string of the molecule is CC(C)C(=O)N1Cc2cccn2C[C@@H](OCc2cccnc2)C1. The van der Waals surface area contributed by atoms with Gasteiger partial charge in [0, 0.05) is 36.7 Å². The van der Waals surface area contributed by atoms with E-state index < -0.39 is 0 Å². The smallest absolute Gasteiger partial charge is 0.225 e. The summed E-state index contributed by atoms with van der Waals surface area (Å²) in [6, 6.07) is 8.01. The minimum atomic E-state index is -0.0217. The summed E-state index contributed by atoms with van der Waals surface area (Å²) in [4.78, 5) is 18.5. The van der Waals surface area contributed by atoms with Crippen LogP contribution in [0.15, 0.2) is 42.9 Å². The highest BCUT2D eigenvalue weighted by atomic mass is 16.5. The minimum Gasteiger partial charge on any atom is -0.370 e. The van der Waals surface area contributed by atoms with Gasteiger partial charge < -0.3 is 14.2 Å². The van der Waals surface area contributed by atoms with E-state index in [-0.39, 0.29) is 17.9 Å². The Kier molecular flexibility index (Phi) is 4.76. The van der Waals surface area contributed by atoms with Gasteiger partial charge in [-0.05, 0) is 23.8 Å². The second-order valence-corrected chi connectivity index (χ2v) is 6.32. The highest BCUT2D eigenvalue weighted by Crippen LogP contribution is 2.18. The van der Waals surface area contributed by atoms with Crippen molar-refractivity contribution in [2.75, 3.05) is 6.54 Å². The van der Waals surface area contributed by atoms with E-state index in [9.17, 15) is 4.79 Å². The number of nitrogens with zero attached hydrogens (tertiary/aromatic N) is 3. The van der Waals surface area contributed by atoms with Crippen LogP contribution in [0.2, 0.25) is 0 Å². The van der Waals surface area contributed by atoms with Crippen molar-refractivity contribution in [2.45, 2.75) is 39.6 Å². The highest BCUT2D eigenvalue weighted by Gasteiger charge is 2.26. The molecule has 0 aromatic carbocycles. The fraction of sp³-hybridized carbons (Fsp3) is 0.444. The van der Waals surface area contributed by atoms with Crippen LogP contribution >= 0.6 is 0 Å². The lowest BCUT2D eigenvalue weighted by molar-refractivity contribution is -0.137. The maximum atomic E-state index is 12.5. The lowest BCUT2D eigenvalue weighted by atomic mass is 10.1. The van der Waals surface area contributed by atoms with Crippen molar-refractivity contribution in [1.82, 2.24) is 14.5 Å². The Labute approximate surface area is 136 Å². The summed E-state index contributed by atoms with van der Waals surface area (Å²) in [6.07, 6.45) is 5.60. The van der Waals surface area contributed by atoms with E-state index in [2.05, 4.69) is 21.8 Å². The first-order valence-electron chi connectivity index (χ1n) is 8.07. The van der Waals surface area contributed by atoms with Gasteiger partial charge in [-0.3, -0.25) is 9.78 Å². The summed E-state index contributed by atoms with van der Waals surface area (Å²) in [5.74, 6) is 0.171. The van der Waals surface area contributed by atoms with Gasteiger partial charge in [0.05, 0.1) is 25.8 Å². The van der Waals surface area contributed by atoms with Gasteiger partial charge in [0.15, 0.2) is 0 Å². The van der Waals surface area contributed by atoms with Gasteiger partial charge in [0.25, 0.3) is 0 Å². The van der Waals surface area contributed by atoms with Gasteiger partial charge in [-0.1, -0.05) is 19.9 Å².